The number of rotatable bonds is 3. The zero-order chi connectivity index (χ0) is 15.9. The molecule has 0 spiro atoms. The molecule has 5 N–H and O–H groups in total. The zero-order valence-electron chi connectivity index (χ0n) is 12.3. The number of ether oxygens (including phenoxy) is 1. The summed E-state index contributed by atoms with van der Waals surface area (Å²) in [7, 11) is 0. The van der Waals surface area contributed by atoms with Gasteiger partial charge < -0.3 is 25.8 Å². The molecule has 8 nitrogen and oxygen atoms in total. The maximum Gasteiger partial charge on any atom is 0.351 e. The fourth-order valence-electron chi connectivity index (χ4n) is 1.75. The van der Waals surface area contributed by atoms with Crippen molar-refractivity contribution in [2.45, 2.75) is 31.4 Å². The van der Waals surface area contributed by atoms with Crippen LogP contribution in [0.2, 0.25) is 0 Å². The number of aliphatic hydroxyl groups is 3. The van der Waals surface area contributed by atoms with E-state index in [2.05, 4.69) is 4.98 Å². The van der Waals surface area contributed by atoms with Crippen LogP contribution in [0.25, 0.3) is 0 Å². The standard InChI is InChI=1S/C10H15N3O5/c11-9-5(3-14)2-13(10(17)12-9)8-1-6(16)7(4-15)18-8/h2,6-8,14-16H,1,3-4H2,(H2,11,12,17)/t6-,7+,8+/m0/s1/i2D,3D2. The van der Waals surface area contributed by atoms with Crippen LogP contribution in [0.4, 0.5) is 5.82 Å². The van der Waals surface area contributed by atoms with E-state index in [4.69, 9.17) is 19.7 Å². The molecule has 100 valence electrons. The first-order valence-electron chi connectivity index (χ1n) is 6.72. The van der Waals surface area contributed by atoms with Crippen LogP contribution in [0.3, 0.4) is 0 Å². The molecule has 2 heterocycles. The van der Waals surface area contributed by atoms with E-state index in [9.17, 15) is 15.0 Å². The largest absolute Gasteiger partial charge is 0.394 e. The van der Waals surface area contributed by atoms with Crippen LogP contribution in [0.5, 0.6) is 0 Å². The molecule has 1 aromatic heterocycles. The third kappa shape index (κ3) is 2.23. The normalized spacial score (nSPS) is 30.8. The van der Waals surface area contributed by atoms with Crippen molar-refractivity contribution in [1.29, 1.82) is 0 Å². The van der Waals surface area contributed by atoms with Crippen LogP contribution in [-0.4, -0.2) is 43.7 Å². The van der Waals surface area contributed by atoms with Crippen LogP contribution < -0.4 is 11.4 Å². The Morgan fingerprint density at radius 1 is 1.72 bits per heavy atom. The Balaban J connectivity index is 2.53. The SMILES string of the molecule is [2H]c1c(C([2H])([2H])O)c(N)nc(=O)n1[C@H]1C[C@H](O)[C@@H](CO)O1. The molecule has 0 aliphatic carbocycles. The number of nitrogen functional groups attached to an aromatic ring is 1. The van der Waals surface area contributed by atoms with E-state index >= 15 is 0 Å². The highest BCUT2D eigenvalue weighted by molar-refractivity contribution is 5.36. The lowest BCUT2D eigenvalue weighted by molar-refractivity contribution is -0.0459. The van der Waals surface area contributed by atoms with Crippen molar-refractivity contribution in [2.24, 2.45) is 0 Å². The predicted octanol–water partition coefficient (Wildman–Crippen LogP) is -2.04. The topological polar surface area (TPSA) is 131 Å². The number of hydrogen-bond acceptors (Lipinski definition) is 7. The van der Waals surface area contributed by atoms with E-state index in [0.29, 0.717) is 4.57 Å². The molecule has 1 saturated heterocycles. The molecular formula is C10H15N3O5. The lowest BCUT2D eigenvalue weighted by Gasteiger charge is -2.15. The number of aromatic nitrogens is 2. The molecular weight excluding hydrogens is 242 g/mol. The van der Waals surface area contributed by atoms with Gasteiger partial charge in [0, 0.05) is 18.2 Å². The van der Waals surface area contributed by atoms with Gasteiger partial charge in [0.25, 0.3) is 0 Å². The molecule has 8 heteroatoms. The lowest BCUT2D eigenvalue weighted by Crippen LogP contribution is -2.29. The van der Waals surface area contributed by atoms with E-state index in [1.807, 2.05) is 0 Å². The van der Waals surface area contributed by atoms with E-state index < -0.39 is 54.8 Å². The molecule has 0 unspecified atom stereocenters. The fourth-order valence-corrected chi connectivity index (χ4v) is 1.75. The Kier molecular flexibility index (Phi) is 2.64. The molecule has 0 aromatic carbocycles. The Labute approximate surface area is 106 Å². The first-order valence-corrected chi connectivity index (χ1v) is 5.22. The molecule has 1 fully saturated rings. The molecule has 18 heavy (non-hydrogen) atoms. The van der Waals surface area contributed by atoms with Crippen molar-refractivity contribution in [1.82, 2.24) is 9.55 Å². The van der Waals surface area contributed by atoms with Crippen molar-refractivity contribution < 1.29 is 24.2 Å². The quantitative estimate of drug-likeness (QED) is 0.492. The van der Waals surface area contributed by atoms with Gasteiger partial charge in [0.2, 0.25) is 0 Å². The van der Waals surface area contributed by atoms with Crippen molar-refractivity contribution >= 4 is 5.82 Å². The summed E-state index contributed by atoms with van der Waals surface area (Å²) in [5, 5.41) is 28.1. The van der Waals surface area contributed by atoms with Gasteiger partial charge in [-0.3, -0.25) is 4.57 Å². The number of hydrogen-bond donors (Lipinski definition) is 4. The fraction of sp³-hybridized carbons (Fsp3) is 0.600. The highest BCUT2D eigenvalue weighted by atomic mass is 16.5. The van der Waals surface area contributed by atoms with Crippen LogP contribution in [-0.2, 0) is 11.3 Å². The Bertz CT molecular complexity index is 603. The molecule has 0 radical (unpaired) electrons. The molecule has 0 saturated carbocycles. The second-order valence-corrected chi connectivity index (χ2v) is 3.86. The van der Waals surface area contributed by atoms with Crippen LogP contribution in [0.15, 0.2) is 11.0 Å². The molecule has 1 aromatic rings. The Morgan fingerprint density at radius 2 is 2.44 bits per heavy atom. The zero-order valence-corrected chi connectivity index (χ0v) is 9.28. The molecule has 2 rings (SSSR count). The summed E-state index contributed by atoms with van der Waals surface area (Å²) in [5.41, 5.74) is 3.75. The molecule has 1 aliphatic heterocycles. The van der Waals surface area contributed by atoms with Gasteiger partial charge in [0.15, 0.2) is 0 Å². The average Bonchev–Trinajstić information content (AvgIpc) is 2.67. The van der Waals surface area contributed by atoms with Crippen LogP contribution in [0.1, 0.15) is 22.3 Å². The lowest BCUT2D eigenvalue weighted by atomic mass is 10.2. The summed E-state index contributed by atoms with van der Waals surface area (Å²) in [6.07, 6.45) is -3.86. The molecule has 0 bridgehead atoms. The molecule has 3 atom stereocenters. The molecule has 1 aliphatic rings. The smallest absolute Gasteiger partial charge is 0.351 e. The van der Waals surface area contributed by atoms with E-state index in [1.54, 1.807) is 0 Å². The minimum Gasteiger partial charge on any atom is -0.394 e. The van der Waals surface area contributed by atoms with E-state index in [-0.39, 0.29) is 6.42 Å². The maximum absolute atomic E-state index is 11.9. The van der Waals surface area contributed by atoms with Gasteiger partial charge in [-0.25, -0.2) is 4.79 Å². The Morgan fingerprint density at radius 3 is 3.00 bits per heavy atom. The maximum atomic E-state index is 11.9. The van der Waals surface area contributed by atoms with Gasteiger partial charge in [0.1, 0.15) is 18.1 Å². The first-order chi connectivity index (χ1) is 9.66. The summed E-state index contributed by atoms with van der Waals surface area (Å²) in [6, 6.07) is 0. The summed E-state index contributed by atoms with van der Waals surface area (Å²) < 4.78 is 28.3. The summed E-state index contributed by atoms with van der Waals surface area (Å²) in [5.74, 6) is -0.592. The van der Waals surface area contributed by atoms with Gasteiger partial charge in [-0.05, 0) is 0 Å². The van der Waals surface area contributed by atoms with Crippen LogP contribution >= 0.6 is 0 Å². The van der Waals surface area contributed by atoms with Gasteiger partial charge >= 0.3 is 5.69 Å². The minimum absolute atomic E-state index is 0.0868. The third-order valence-corrected chi connectivity index (χ3v) is 2.69. The summed E-state index contributed by atoms with van der Waals surface area (Å²) >= 11 is 0. The van der Waals surface area contributed by atoms with Gasteiger partial charge in [-0.15, -0.1) is 0 Å². The van der Waals surface area contributed by atoms with Gasteiger partial charge in [-0.1, -0.05) is 0 Å². The third-order valence-electron chi connectivity index (χ3n) is 2.69. The van der Waals surface area contributed by atoms with Crippen molar-refractivity contribution in [3.63, 3.8) is 0 Å². The Hall–Kier alpha value is -1.48. The predicted molar refractivity (Wildman–Crippen MR) is 60.5 cm³/mol. The summed E-state index contributed by atoms with van der Waals surface area (Å²) in [4.78, 5) is 15.2. The second-order valence-electron chi connectivity index (χ2n) is 3.86. The van der Waals surface area contributed by atoms with E-state index in [1.165, 1.54) is 0 Å². The first kappa shape index (κ1) is 9.45. The highest BCUT2D eigenvalue weighted by Crippen LogP contribution is 2.27. The van der Waals surface area contributed by atoms with Crippen molar-refractivity contribution in [3.05, 3.63) is 22.2 Å². The average molecular weight is 260 g/mol. The van der Waals surface area contributed by atoms with Crippen molar-refractivity contribution in [3.8, 4) is 0 Å². The van der Waals surface area contributed by atoms with Crippen LogP contribution in [0, 0.1) is 0 Å². The monoisotopic (exact) mass is 260 g/mol. The summed E-state index contributed by atoms with van der Waals surface area (Å²) in [6.45, 7) is -3.44. The second kappa shape index (κ2) is 5.02. The van der Waals surface area contributed by atoms with Gasteiger partial charge in [0.05, 0.1) is 23.4 Å². The number of anilines is 1. The minimum atomic E-state index is -2.96. The number of nitrogens with zero attached hydrogens (tertiary/aromatic N) is 2. The molecule has 0 amide bonds. The van der Waals surface area contributed by atoms with E-state index in [0.717, 1.165) is 0 Å². The number of nitrogens with two attached hydrogens (primary N) is 1. The highest BCUT2D eigenvalue weighted by Gasteiger charge is 2.35. The number of aliphatic hydroxyl groups excluding tert-OH is 2. The van der Waals surface area contributed by atoms with Gasteiger partial charge in [-0.2, -0.15) is 4.98 Å². The van der Waals surface area contributed by atoms with Crippen molar-refractivity contribution in [2.75, 3.05) is 12.3 Å².